The van der Waals surface area contributed by atoms with E-state index in [1.807, 2.05) is 0 Å². The van der Waals surface area contributed by atoms with Crippen LogP contribution in [0.1, 0.15) is 10.4 Å². The van der Waals surface area contributed by atoms with Gasteiger partial charge in [-0.25, -0.2) is 0 Å². The summed E-state index contributed by atoms with van der Waals surface area (Å²) in [5, 5.41) is 11.2. The van der Waals surface area contributed by atoms with E-state index >= 15 is 0 Å². The van der Waals surface area contributed by atoms with E-state index in [-0.39, 0.29) is 19.1 Å². The van der Waals surface area contributed by atoms with E-state index in [1.54, 1.807) is 18.2 Å². The van der Waals surface area contributed by atoms with Crippen molar-refractivity contribution < 1.29 is 19.4 Å². The van der Waals surface area contributed by atoms with Gasteiger partial charge in [-0.2, -0.15) is 0 Å². The first-order valence-electron chi connectivity index (χ1n) is 5.58. The van der Waals surface area contributed by atoms with Crippen LogP contribution in [0.4, 0.5) is 5.69 Å². The van der Waals surface area contributed by atoms with Gasteiger partial charge in [0, 0.05) is 23.9 Å². The molecule has 1 aromatic carbocycles. The Balaban J connectivity index is 2.48. The molecule has 0 aliphatic heterocycles. The molecule has 0 heterocycles. The third kappa shape index (κ3) is 4.60. The van der Waals surface area contributed by atoms with Gasteiger partial charge in [0.25, 0.3) is 5.91 Å². The quantitative estimate of drug-likeness (QED) is 0.471. The fourth-order valence-electron chi connectivity index (χ4n) is 1.38. The van der Waals surface area contributed by atoms with Crippen LogP contribution in [-0.2, 0) is 4.74 Å². The minimum Gasteiger partial charge on any atom is -0.497 e. The highest BCUT2D eigenvalue weighted by Gasteiger charge is 2.07. The van der Waals surface area contributed by atoms with Crippen molar-refractivity contribution >= 4 is 11.6 Å². The van der Waals surface area contributed by atoms with E-state index in [1.165, 1.54) is 7.11 Å². The van der Waals surface area contributed by atoms with E-state index in [0.717, 1.165) is 0 Å². The molecular formula is C12H18N2O4. The second kappa shape index (κ2) is 7.52. The van der Waals surface area contributed by atoms with Crippen LogP contribution in [0.5, 0.6) is 5.75 Å². The van der Waals surface area contributed by atoms with Gasteiger partial charge in [-0.15, -0.1) is 0 Å². The fourth-order valence-corrected chi connectivity index (χ4v) is 1.38. The van der Waals surface area contributed by atoms with Crippen LogP contribution in [0, 0.1) is 0 Å². The monoisotopic (exact) mass is 254 g/mol. The molecule has 1 rings (SSSR count). The molecule has 6 nitrogen and oxygen atoms in total. The number of amides is 1. The Morgan fingerprint density at radius 1 is 1.39 bits per heavy atom. The summed E-state index contributed by atoms with van der Waals surface area (Å²) in [6.07, 6.45) is 0. The summed E-state index contributed by atoms with van der Waals surface area (Å²) >= 11 is 0. The summed E-state index contributed by atoms with van der Waals surface area (Å²) in [6, 6.07) is 4.83. The predicted octanol–water partition coefficient (Wildman–Crippen LogP) is 0.0161. The molecule has 0 saturated carbocycles. The van der Waals surface area contributed by atoms with Gasteiger partial charge < -0.3 is 25.6 Å². The maximum Gasteiger partial charge on any atom is 0.251 e. The minimum atomic E-state index is -0.242. The molecular weight excluding hydrogens is 236 g/mol. The molecule has 0 aromatic heterocycles. The number of methoxy groups -OCH3 is 1. The van der Waals surface area contributed by atoms with Crippen molar-refractivity contribution in [2.45, 2.75) is 0 Å². The molecule has 0 radical (unpaired) electrons. The highest BCUT2D eigenvalue weighted by Crippen LogP contribution is 2.18. The highest BCUT2D eigenvalue weighted by molar-refractivity contribution is 5.95. The molecule has 0 aliphatic carbocycles. The summed E-state index contributed by atoms with van der Waals surface area (Å²) in [6.45, 7) is 0.962. The third-order valence-electron chi connectivity index (χ3n) is 2.19. The van der Waals surface area contributed by atoms with Crippen molar-refractivity contribution in [3.63, 3.8) is 0 Å². The predicted molar refractivity (Wildman–Crippen MR) is 67.6 cm³/mol. The van der Waals surface area contributed by atoms with Crippen molar-refractivity contribution in [2.75, 3.05) is 39.2 Å². The first-order valence-corrected chi connectivity index (χ1v) is 5.58. The topological polar surface area (TPSA) is 93.8 Å². The molecule has 1 aromatic rings. The van der Waals surface area contributed by atoms with Crippen molar-refractivity contribution in [3.05, 3.63) is 23.8 Å². The van der Waals surface area contributed by atoms with Crippen LogP contribution < -0.4 is 15.8 Å². The van der Waals surface area contributed by atoms with E-state index in [9.17, 15) is 4.79 Å². The molecule has 4 N–H and O–H groups in total. The van der Waals surface area contributed by atoms with Crippen LogP contribution in [0.2, 0.25) is 0 Å². The number of carbonyl (C=O) groups is 1. The number of ether oxygens (including phenoxy) is 2. The average Bonchev–Trinajstić information content (AvgIpc) is 2.37. The van der Waals surface area contributed by atoms with Gasteiger partial charge in [0.2, 0.25) is 0 Å². The first kappa shape index (κ1) is 14.3. The van der Waals surface area contributed by atoms with E-state index in [2.05, 4.69) is 5.32 Å². The number of hydrogen-bond donors (Lipinski definition) is 3. The largest absolute Gasteiger partial charge is 0.497 e. The zero-order chi connectivity index (χ0) is 13.4. The minimum absolute atomic E-state index is 0.0274. The lowest BCUT2D eigenvalue weighted by Gasteiger charge is -2.08. The molecule has 1 amide bonds. The summed E-state index contributed by atoms with van der Waals surface area (Å²) in [4.78, 5) is 11.8. The van der Waals surface area contributed by atoms with Crippen LogP contribution in [0.15, 0.2) is 18.2 Å². The lowest BCUT2D eigenvalue weighted by Crippen LogP contribution is -2.27. The van der Waals surface area contributed by atoms with Crippen molar-refractivity contribution in [2.24, 2.45) is 0 Å². The number of nitrogens with one attached hydrogen (secondary N) is 1. The number of rotatable bonds is 7. The molecule has 18 heavy (non-hydrogen) atoms. The Bertz CT molecular complexity index is 396. The van der Waals surface area contributed by atoms with Crippen LogP contribution in [0.25, 0.3) is 0 Å². The maximum absolute atomic E-state index is 11.8. The summed E-state index contributed by atoms with van der Waals surface area (Å²) in [5.41, 5.74) is 6.56. The zero-order valence-corrected chi connectivity index (χ0v) is 10.3. The molecule has 0 fully saturated rings. The Morgan fingerprint density at radius 2 is 2.17 bits per heavy atom. The Labute approximate surface area is 106 Å². The van der Waals surface area contributed by atoms with Gasteiger partial charge in [0.15, 0.2) is 0 Å². The van der Waals surface area contributed by atoms with Gasteiger partial charge in [0.05, 0.1) is 26.9 Å². The van der Waals surface area contributed by atoms with Crippen LogP contribution >= 0.6 is 0 Å². The molecule has 0 spiro atoms. The van der Waals surface area contributed by atoms with Crippen molar-refractivity contribution in [1.82, 2.24) is 5.32 Å². The molecule has 0 bridgehead atoms. The number of nitrogen functional groups attached to an aromatic ring is 1. The lowest BCUT2D eigenvalue weighted by molar-refractivity contribution is 0.0838. The van der Waals surface area contributed by atoms with Gasteiger partial charge >= 0.3 is 0 Å². The number of aliphatic hydroxyl groups is 1. The third-order valence-corrected chi connectivity index (χ3v) is 2.19. The number of carbonyl (C=O) groups excluding carboxylic acids is 1. The standard InChI is InChI=1S/C12H18N2O4/c1-17-11-7-9(6-10(13)8-11)12(16)14-2-4-18-5-3-15/h6-8,15H,2-5,13H2,1H3,(H,14,16). The molecule has 100 valence electrons. The SMILES string of the molecule is COc1cc(N)cc(C(=O)NCCOCCO)c1. The highest BCUT2D eigenvalue weighted by atomic mass is 16.5. The molecule has 0 atom stereocenters. The number of aliphatic hydroxyl groups excluding tert-OH is 1. The number of anilines is 1. The molecule has 0 aliphatic rings. The van der Waals surface area contributed by atoms with Gasteiger partial charge in [-0.05, 0) is 12.1 Å². The van der Waals surface area contributed by atoms with Crippen molar-refractivity contribution in [1.29, 1.82) is 0 Å². The van der Waals surface area contributed by atoms with E-state index < -0.39 is 0 Å². The lowest BCUT2D eigenvalue weighted by atomic mass is 10.2. The number of nitrogens with two attached hydrogens (primary N) is 1. The second-order valence-corrected chi connectivity index (χ2v) is 3.59. The normalized spacial score (nSPS) is 10.1. The Morgan fingerprint density at radius 3 is 2.83 bits per heavy atom. The average molecular weight is 254 g/mol. The van der Waals surface area contributed by atoms with Crippen molar-refractivity contribution in [3.8, 4) is 5.75 Å². The summed E-state index contributed by atoms with van der Waals surface area (Å²) < 4.78 is 10.1. The van der Waals surface area contributed by atoms with Crippen LogP contribution in [0.3, 0.4) is 0 Å². The molecule has 0 saturated heterocycles. The number of hydrogen-bond acceptors (Lipinski definition) is 5. The summed E-state index contributed by atoms with van der Waals surface area (Å²) in [5.74, 6) is 0.296. The van der Waals surface area contributed by atoms with E-state index in [4.69, 9.17) is 20.3 Å². The fraction of sp³-hybridized carbons (Fsp3) is 0.417. The Hall–Kier alpha value is -1.79. The van der Waals surface area contributed by atoms with Gasteiger partial charge in [0.1, 0.15) is 5.75 Å². The molecule has 0 unspecified atom stereocenters. The summed E-state index contributed by atoms with van der Waals surface area (Å²) in [7, 11) is 1.51. The second-order valence-electron chi connectivity index (χ2n) is 3.59. The van der Waals surface area contributed by atoms with E-state index in [0.29, 0.717) is 30.2 Å². The molecule has 6 heteroatoms. The van der Waals surface area contributed by atoms with Crippen LogP contribution in [-0.4, -0.2) is 44.5 Å². The number of benzene rings is 1. The maximum atomic E-state index is 11.8. The Kier molecular flexibility index (Phi) is 5.96. The zero-order valence-electron chi connectivity index (χ0n) is 10.3. The van der Waals surface area contributed by atoms with Gasteiger partial charge in [-0.1, -0.05) is 0 Å². The van der Waals surface area contributed by atoms with Gasteiger partial charge in [-0.3, -0.25) is 4.79 Å². The smallest absolute Gasteiger partial charge is 0.251 e. The first-order chi connectivity index (χ1) is 8.67.